The van der Waals surface area contributed by atoms with E-state index in [2.05, 4.69) is 0 Å². The number of rotatable bonds is 3. The largest absolute Gasteiger partial charge is 0.480 e. The summed E-state index contributed by atoms with van der Waals surface area (Å²) in [7, 11) is 0. The van der Waals surface area contributed by atoms with E-state index in [-0.39, 0.29) is 0 Å². The number of ether oxygens (including phenoxy) is 1. The number of carboxylic acids is 1. The lowest BCUT2D eigenvalue weighted by Crippen LogP contribution is -2.20. The molecule has 0 aliphatic rings. The van der Waals surface area contributed by atoms with E-state index in [1.165, 1.54) is 0 Å². The van der Waals surface area contributed by atoms with Gasteiger partial charge in [-0.2, -0.15) is 0 Å². The van der Waals surface area contributed by atoms with Crippen molar-refractivity contribution in [2.24, 2.45) is 5.73 Å². The topological polar surface area (TPSA) is 72.5 Å². The predicted molar refractivity (Wildman–Crippen MR) is 50.5 cm³/mol. The van der Waals surface area contributed by atoms with Crippen LogP contribution in [0.4, 0.5) is 0 Å². The number of hydrogen-bond donors (Lipinski definition) is 2. The second kappa shape index (κ2) is 4.30. The zero-order chi connectivity index (χ0) is 10.6. The third-order valence-corrected chi connectivity index (χ3v) is 1.68. The number of nitrogens with two attached hydrogens (primary N) is 1. The summed E-state index contributed by atoms with van der Waals surface area (Å²) in [6.07, 6.45) is 6.92. The van der Waals surface area contributed by atoms with Crippen molar-refractivity contribution in [3.05, 3.63) is 29.8 Å². The summed E-state index contributed by atoms with van der Waals surface area (Å²) < 4.78 is 4.74. The first-order chi connectivity index (χ1) is 6.65. The summed E-state index contributed by atoms with van der Waals surface area (Å²) >= 11 is 0. The van der Waals surface area contributed by atoms with Crippen molar-refractivity contribution in [1.82, 2.24) is 0 Å². The van der Waals surface area contributed by atoms with E-state index in [1.54, 1.807) is 24.3 Å². The number of benzene rings is 1. The van der Waals surface area contributed by atoms with Crippen molar-refractivity contribution in [2.45, 2.75) is 6.04 Å². The van der Waals surface area contributed by atoms with Crippen LogP contribution in [0.25, 0.3) is 0 Å². The number of terminal acetylenes is 1. The summed E-state index contributed by atoms with van der Waals surface area (Å²) in [6, 6.07) is 5.24. The molecular formula is C10H9NO3. The molecule has 0 bridgehead atoms. The number of hydrogen-bond acceptors (Lipinski definition) is 3. The van der Waals surface area contributed by atoms with Crippen molar-refractivity contribution >= 4 is 5.97 Å². The fourth-order valence-corrected chi connectivity index (χ4v) is 0.954. The second-order valence-corrected chi connectivity index (χ2v) is 2.60. The van der Waals surface area contributed by atoms with Gasteiger partial charge in [-0.1, -0.05) is 18.6 Å². The molecule has 0 saturated heterocycles. The van der Waals surface area contributed by atoms with Gasteiger partial charge in [-0.15, -0.1) is 0 Å². The zero-order valence-corrected chi connectivity index (χ0v) is 7.31. The van der Waals surface area contributed by atoms with Crippen LogP contribution in [0.3, 0.4) is 0 Å². The minimum absolute atomic E-state index is 0.480. The van der Waals surface area contributed by atoms with Gasteiger partial charge >= 0.3 is 5.97 Å². The van der Waals surface area contributed by atoms with Gasteiger partial charge in [0.2, 0.25) is 0 Å². The van der Waals surface area contributed by atoms with Crippen molar-refractivity contribution in [3.63, 3.8) is 0 Å². The molecule has 0 radical (unpaired) electrons. The minimum atomic E-state index is -1.07. The lowest BCUT2D eigenvalue weighted by Gasteiger charge is -2.06. The fourth-order valence-electron chi connectivity index (χ4n) is 0.954. The van der Waals surface area contributed by atoms with Crippen molar-refractivity contribution in [1.29, 1.82) is 0 Å². The average molecular weight is 191 g/mol. The van der Waals surface area contributed by atoms with Crippen LogP contribution in [0.2, 0.25) is 0 Å². The zero-order valence-electron chi connectivity index (χ0n) is 7.31. The molecule has 1 atom stereocenters. The molecule has 1 aromatic carbocycles. The first-order valence-electron chi connectivity index (χ1n) is 3.86. The Morgan fingerprint density at radius 3 is 2.50 bits per heavy atom. The average Bonchev–Trinajstić information content (AvgIpc) is 2.18. The van der Waals surface area contributed by atoms with Crippen LogP contribution in [0.1, 0.15) is 11.6 Å². The molecule has 0 aliphatic heterocycles. The molecule has 0 aliphatic carbocycles. The van der Waals surface area contributed by atoms with E-state index in [4.69, 9.17) is 22.0 Å². The van der Waals surface area contributed by atoms with Gasteiger partial charge in [0.15, 0.2) is 0 Å². The molecule has 3 N–H and O–H groups in total. The monoisotopic (exact) mass is 191 g/mol. The van der Waals surface area contributed by atoms with Crippen LogP contribution in [0, 0.1) is 12.5 Å². The molecule has 72 valence electrons. The highest BCUT2D eigenvalue weighted by Crippen LogP contribution is 2.16. The first kappa shape index (κ1) is 10.1. The van der Waals surface area contributed by atoms with Crippen LogP contribution in [-0.4, -0.2) is 11.1 Å². The molecule has 0 spiro atoms. The molecular weight excluding hydrogens is 182 g/mol. The van der Waals surface area contributed by atoms with E-state index in [9.17, 15) is 4.79 Å². The summed E-state index contributed by atoms with van der Waals surface area (Å²) in [5.41, 5.74) is 5.88. The van der Waals surface area contributed by atoms with E-state index in [0.717, 1.165) is 0 Å². The van der Waals surface area contributed by atoms with Crippen molar-refractivity contribution < 1.29 is 14.6 Å². The number of aliphatic carboxylic acids is 1. The number of carbonyl (C=O) groups is 1. The number of carboxylic acid groups (broad SMARTS) is 1. The third kappa shape index (κ3) is 2.25. The van der Waals surface area contributed by atoms with Crippen LogP contribution < -0.4 is 10.5 Å². The molecule has 0 heterocycles. The highest BCUT2D eigenvalue weighted by Gasteiger charge is 2.13. The minimum Gasteiger partial charge on any atom is -0.480 e. The first-order valence-corrected chi connectivity index (χ1v) is 3.86. The van der Waals surface area contributed by atoms with E-state index >= 15 is 0 Å². The Labute approximate surface area is 81.3 Å². The lowest BCUT2D eigenvalue weighted by atomic mass is 10.1. The maximum atomic E-state index is 10.5. The molecule has 14 heavy (non-hydrogen) atoms. The van der Waals surface area contributed by atoms with E-state index in [0.29, 0.717) is 11.3 Å². The maximum absolute atomic E-state index is 10.5. The smallest absolute Gasteiger partial charge is 0.325 e. The van der Waals surface area contributed by atoms with Gasteiger partial charge in [0.25, 0.3) is 0 Å². The predicted octanol–water partition coefficient (Wildman–Crippen LogP) is 0.741. The lowest BCUT2D eigenvalue weighted by molar-refractivity contribution is -0.138. The highest BCUT2D eigenvalue weighted by atomic mass is 16.5. The normalized spacial score (nSPS) is 11.4. The Hall–Kier alpha value is -1.99. The molecule has 1 rings (SSSR count). The van der Waals surface area contributed by atoms with Crippen molar-refractivity contribution in [2.75, 3.05) is 0 Å². The Morgan fingerprint density at radius 1 is 1.50 bits per heavy atom. The van der Waals surface area contributed by atoms with Gasteiger partial charge in [0.1, 0.15) is 17.9 Å². The molecule has 0 unspecified atom stereocenters. The second-order valence-electron chi connectivity index (χ2n) is 2.60. The van der Waals surface area contributed by atoms with Gasteiger partial charge in [0, 0.05) is 0 Å². The summed E-state index contributed by atoms with van der Waals surface area (Å²) in [5.74, 6) is -0.593. The Kier molecular flexibility index (Phi) is 3.10. The quantitative estimate of drug-likeness (QED) is 0.691. The van der Waals surface area contributed by atoms with Crippen LogP contribution in [0.5, 0.6) is 5.75 Å². The summed E-state index contributed by atoms with van der Waals surface area (Å²) in [5, 5.41) is 8.62. The van der Waals surface area contributed by atoms with Crippen molar-refractivity contribution in [3.8, 4) is 18.3 Å². The standard InChI is InChI=1S/C10H9NO3/c1-2-14-8-5-3-7(4-6-8)9(11)10(12)13/h1,3-6,9H,11H2,(H,12,13)/t9-/m0/s1. The van der Waals surface area contributed by atoms with Crippen LogP contribution in [-0.2, 0) is 4.79 Å². The highest BCUT2D eigenvalue weighted by molar-refractivity contribution is 5.75. The molecule has 4 nitrogen and oxygen atoms in total. The van der Waals surface area contributed by atoms with Gasteiger partial charge in [-0.3, -0.25) is 4.79 Å². The van der Waals surface area contributed by atoms with Gasteiger partial charge in [0.05, 0.1) is 0 Å². The Balaban J connectivity index is 2.84. The SMILES string of the molecule is C#COc1ccc([C@H](N)C(=O)O)cc1. The van der Waals surface area contributed by atoms with E-state index < -0.39 is 12.0 Å². The Bertz CT molecular complexity index is 364. The molecule has 0 fully saturated rings. The van der Waals surface area contributed by atoms with Gasteiger partial charge in [-0.05, 0) is 17.7 Å². The maximum Gasteiger partial charge on any atom is 0.325 e. The molecule has 0 aromatic heterocycles. The molecule has 1 aromatic rings. The fraction of sp³-hybridized carbons (Fsp3) is 0.100. The van der Waals surface area contributed by atoms with Gasteiger partial charge < -0.3 is 15.6 Å². The van der Waals surface area contributed by atoms with Crippen LogP contribution >= 0.6 is 0 Å². The van der Waals surface area contributed by atoms with Crippen LogP contribution in [0.15, 0.2) is 24.3 Å². The molecule has 0 amide bonds. The van der Waals surface area contributed by atoms with E-state index in [1.807, 2.05) is 6.11 Å². The summed E-state index contributed by atoms with van der Waals surface area (Å²) in [4.78, 5) is 10.5. The summed E-state index contributed by atoms with van der Waals surface area (Å²) in [6.45, 7) is 0. The third-order valence-electron chi connectivity index (χ3n) is 1.68. The van der Waals surface area contributed by atoms with Gasteiger partial charge in [-0.25, -0.2) is 0 Å². The Morgan fingerprint density at radius 2 is 2.07 bits per heavy atom. The molecule has 4 heteroatoms. The molecule has 0 saturated carbocycles.